The number of primary amides is 1. The van der Waals surface area contributed by atoms with Crippen LogP contribution in [0, 0.1) is 17.6 Å². The molecule has 7 N–H and O–H groups in total. The van der Waals surface area contributed by atoms with E-state index in [1.807, 2.05) is 37.3 Å². The molecule has 0 aromatic heterocycles. The summed E-state index contributed by atoms with van der Waals surface area (Å²) in [5, 5.41) is 15.5. The molecule has 2 atom stereocenters. The van der Waals surface area contributed by atoms with Gasteiger partial charge in [-0.3, -0.25) is 9.59 Å². The van der Waals surface area contributed by atoms with Gasteiger partial charge in [0.25, 0.3) is 0 Å². The minimum atomic E-state index is -1.07. The summed E-state index contributed by atoms with van der Waals surface area (Å²) in [6.07, 6.45) is 4.78. The van der Waals surface area contributed by atoms with Crippen molar-refractivity contribution in [2.45, 2.75) is 63.0 Å². The number of nitrogens with one attached hydrogen (secondary N) is 2. The lowest BCUT2D eigenvalue weighted by Gasteiger charge is -2.37. The number of hydrogen-bond donors (Lipinski definition) is 5. The topological polar surface area (TPSA) is 149 Å². The molecule has 1 heterocycles. The monoisotopic (exact) mass is 684 g/mol. The lowest BCUT2D eigenvalue weighted by molar-refractivity contribution is -0.126. The zero-order chi connectivity index (χ0) is 34.4. The normalized spacial score (nSPS) is 21.8. The Morgan fingerprint density at radius 2 is 1.81 bits per heavy atom. The first-order valence-electron chi connectivity index (χ1n) is 16.5. The van der Waals surface area contributed by atoms with Gasteiger partial charge in [-0.05, 0) is 62.8 Å². The Morgan fingerprint density at radius 1 is 1.08 bits per heavy atom. The molecule has 5 rings (SSSR count). The highest BCUT2D eigenvalue weighted by Crippen LogP contribution is 2.56. The lowest BCUT2D eigenvalue weighted by Crippen LogP contribution is -2.48. The minimum absolute atomic E-state index is 0.0456. The summed E-state index contributed by atoms with van der Waals surface area (Å²) in [4.78, 5) is 25.3. The smallest absolute Gasteiger partial charge is 0.249 e. The van der Waals surface area contributed by atoms with Crippen molar-refractivity contribution in [3.05, 3.63) is 81.9 Å². The highest BCUT2D eigenvalue weighted by atomic mass is 35.5. The molecule has 0 spiro atoms. The molecule has 9 nitrogen and oxygen atoms in total. The van der Waals surface area contributed by atoms with E-state index < -0.39 is 29.1 Å². The van der Waals surface area contributed by atoms with Crippen LogP contribution in [0.5, 0.6) is 11.5 Å². The van der Waals surface area contributed by atoms with Gasteiger partial charge in [0.1, 0.15) is 18.2 Å². The third-order valence-corrected chi connectivity index (χ3v) is 9.93. The number of carbonyl (C=O) groups is 2. The number of hydrogen-bond acceptors (Lipinski definition) is 7. The molecule has 0 saturated heterocycles. The van der Waals surface area contributed by atoms with Crippen molar-refractivity contribution in [1.29, 1.82) is 0 Å². The summed E-state index contributed by atoms with van der Waals surface area (Å²) in [5.74, 6) is -3.33. The molecule has 1 fully saturated rings. The lowest BCUT2D eigenvalue weighted by atomic mass is 9.77. The van der Waals surface area contributed by atoms with E-state index in [0.717, 1.165) is 44.1 Å². The summed E-state index contributed by atoms with van der Waals surface area (Å²) >= 11 is 6.62. The maximum Gasteiger partial charge on any atom is 0.249 e. The maximum atomic E-state index is 16.2. The van der Waals surface area contributed by atoms with E-state index in [4.69, 9.17) is 32.5 Å². The Labute approximate surface area is 284 Å². The van der Waals surface area contributed by atoms with Crippen molar-refractivity contribution in [3.63, 3.8) is 0 Å². The number of rotatable bonds is 14. The fourth-order valence-corrected chi connectivity index (χ4v) is 7.22. The van der Waals surface area contributed by atoms with E-state index in [9.17, 15) is 14.7 Å². The van der Waals surface area contributed by atoms with Crippen molar-refractivity contribution in [2.24, 2.45) is 17.4 Å². The Bertz CT molecular complexity index is 1620. The average Bonchev–Trinajstić information content (AvgIpc) is 3.37. The van der Waals surface area contributed by atoms with Gasteiger partial charge in [-0.2, -0.15) is 0 Å². The molecule has 48 heavy (non-hydrogen) atoms. The SMILES string of the molecule is C[C@H]1c2c(cc(F)c(Cl)c2-c2c(C(N)=O)ccc(OCCO)c2F)O[C@]1(CNC1CCC(C(=O)NCCCCN)CC1)c1ccccc1. The van der Waals surface area contributed by atoms with E-state index in [-0.39, 0.29) is 64.3 Å². The van der Waals surface area contributed by atoms with Crippen LogP contribution < -0.4 is 31.6 Å². The molecular weight excluding hydrogens is 642 g/mol. The van der Waals surface area contributed by atoms with Gasteiger partial charge in [-0.25, -0.2) is 8.78 Å². The van der Waals surface area contributed by atoms with Gasteiger partial charge in [0.15, 0.2) is 17.2 Å². The second kappa shape index (κ2) is 15.6. The van der Waals surface area contributed by atoms with Crippen LogP contribution in [0.15, 0.2) is 48.5 Å². The van der Waals surface area contributed by atoms with Gasteiger partial charge in [0, 0.05) is 53.7 Å². The summed E-state index contributed by atoms with van der Waals surface area (Å²) < 4.78 is 43.9. The number of ether oxygens (including phenoxy) is 2. The Kier molecular flexibility index (Phi) is 11.6. The Hall–Kier alpha value is -3.77. The van der Waals surface area contributed by atoms with E-state index in [1.54, 1.807) is 0 Å². The number of aliphatic hydroxyl groups is 1. The van der Waals surface area contributed by atoms with Gasteiger partial charge < -0.3 is 36.7 Å². The molecule has 3 aromatic rings. The van der Waals surface area contributed by atoms with Crippen molar-refractivity contribution in [3.8, 4) is 22.6 Å². The maximum absolute atomic E-state index is 16.2. The van der Waals surface area contributed by atoms with Crippen LogP contribution in [0.3, 0.4) is 0 Å². The molecule has 0 radical (unpaired) electrons. The largest absolute Gasteiger partial charge is 0.488 e. The number of carbonyl (C=O) groups excluding carboxylic acids is 2. The number of unbranched alkanes of at least 4 members (excludes halogenated alkanes) is 1. The Balaban J connectivity index is 1.47. The van der Waals surface area contributed by atoms with E-state index >= 15 is 8.78 Å². The van der Waals surface area contributed by atoms with Crippen LogP contribution in [0.2, 0.25) is 5.02 Å². The molecule has 258 valence electrons. The van der Waals surface area contributed by atoms with Crippen molar-refractivity contribution < 1.29 is 33.0 Å². The van der Waals surface area contributed by atoms with Gasteiger partial charge in [0.2, 0.25) is 11.8 Å². The first kappa shape index (κ1) is 35.5. The van der Waals surface area contributed by atoms with Crippen LogP contribution in [0.1, 0.15) is 72.9 Å². The van der Waals surface area contributed by atoms with Crippen molar-refractivity contribution in [1.82, 2.24) is 10.6 Å². The molecule has 1 aliphatic heterocycles. The number of nitrogens with two attached hydrogens (primary N) is 2. The molecule has 3 aromatic carbocycles. The summed E-state index contributed by atoms with van der Waals surface area (Å²) in [6.45, 7) is 2.87. The average molecular weight is 685 g/mol. The number of amides is 2. The predicted molar refractivity (Wildman–Crippen MR) is 180 cm³/mol. The number of fused-ring (bicyclic) bond motifs is 1. The molecule has 2 amide bonds. The number of benzene rings is 3. The fraction of sp³-hybridized carbons (Fsp3) is 0.444. The number of aliphatic hydroxyl groups excluding tert-OH is 1. The van der Waals surface area contributed by atoms with Gasteiger partial charge in [0.05, 0.1) is 17.2 Å². The van der Waals surface area contributed by atoms with Gasteiger partial charge in [-0.1, -0.05) is 48.9 Å². The van der Waals surface area contributed by atoms with Crippen LogP contribution >= 0.6 is 11.6 Å². The standard InChI is InChI=1S/C36H43ClF2N4O5/c1-21-29-28(19-26(38)32(37)31(29)30-25(34(41)45)13-14-27(33(30)39)47-18-17-44)48-36(21,23-7-3-2-4-8-23)20-43-24-11-9-22(10-12-24)35(46)42-16-6-5-15-40/h2-4,7-8,13-14,19,21-22,24,43-44H,5-6,9-12,15-18,20,40H2,1H3,(H2,41,45)(H,42,46)/t21-,22?,24?,36-/m0/s1. The Morgan fingerprint density at radius 3 is 2.48 bits per heavy atom. The van der Waals surface area contributed by atoms with E-state index in [0.29, 0.717) is 25.2 Å². The zero-order valence-corrected chi connectivity index (χ0v) is 27.8. The highest BCUT2D eigenvalue weighted by molar-refractivity contribution is 6.34. The third-order valence-electron chi connectivity index (χ3n) is 9.56. The van der Waals surface area contributed by atoms with Crippen molar-refractivity contribution >= 4 is 23.4 Å². The quantitative estimate of drug-likeness (QED) is 0.148. The minimum Gasteiger partial charge on any atom is -0.488 e. The molecule has 12 heteroatoms. The second-order valence-corrected chi connectivity index (χ2v) is 12.9. The third kappa shape index (κ3) is 7.15. The van der Waals surface area contributed by atoms with Gasteiger partial charge >= 0.3 is 0 Å². The van der Waals surface area contributed by atoms with Gasteiger partial charge in [-0.15, -0.1) is 0 Å². The summed E-state index contributed by atoms with van der Waals surface area (Å²) in [5.41, 5.74) is 10.8. The van der Waals surface area contributed by atoms with Crippen LogP contribution in [-0.4, -0.2) is 55.8 Å². The zero-order valence-electron chi connectivity index (χ0n) is 27.0. The fourth-order valence-electron chi connectivity index (χ4n) is 6.97. The van der Waals surface area contributed by atoms with Crippen LogP contribution in [-0.2, 0) is 10.4 Å². The van der Waals surface area contributed by atoms with Crippen LogP contribution in [0.4, 0.5) is 8.78 Å². The predicted octanol–water partition coefficient (Wildman–Crippen LogP) is 5.15. The van der Waals surface area contributed by atoms with E-state index in [2.05, 4.69) is 10.6 Å². The molecule has 1 aliphatic carbocycles. The summed E-state index contributed by atoms with van der Waals surface area (Å²) in [6, 6.07) is 13.3. The van der Waals surface area contributed by atoms with Crippen LogP contribution in [0.25, 0.3) is 11.1 Å². The molecule has 2 aliphatic rings. The first-order chi connectivity index (χ1) is 23.1. The van der Waals surface area contributed by atoms with E-state index in [1.165, 1.54) is 18.2 Å². The molecule has 0 unspecified atom stereocenters. The molecule has 1 saturated carbocycles. The first-order valence-corrected chi connectivity index (χ1v) is 16.8. The number of halogens is 3. The van der Waals surface area contributed by atoms with Crippen molar-refractivity contribution in [2.75, 3.05) is 32.8 Å². The highest BCUT2D eigenvalue weighted by Gasteiger charge is 2.50. The molecular formula is C36H43ClF2N4O5. The summed E-state index contributed by atoms with van der Waals surface area (Å²) in [7, 11) is 0. The molecule has 0 bridgehead atoms. The second-order valence-electron chi connectivity index (χ2n) is 12.5.